The van der Waals surface area contributed by atoms with Crippen LogP contribution >= 0.6 is 11.8 Å². The fourth-order valence-electron chi connectivity index (χ4n) is 2.61. The van der Waals surface area contributed by atoms with Crippen LogP contribution in [0.3, 0.4) is 0 Å². The number of thioether (sulfide) groups is 1. The highest BCUT2D eigenvalue weighted by Gasteiger charge is 2.10. The predicted molar refractivity (Wildman–Crippen MR) is 109 cm³/mol. The van der Waals surface area contributed by atoms with E-state index in [9.17, 15) is 19.7 Å². The molecule has 0 spiro atoms. The fourth-order valence-corrected chi connectivity index (χ4v) is 3.07. The van der Waals surface area contributed by atoms with E-state index < -0.39 is 4.92 Å². The highest BCUT2D eigenvalue weighted by molar-refractivity contribution is 7.98. The minimum absolute atomic E-state index is 0.0169. The van der Waals surface area contributed by atoms with Crippen LogP contribution in [0.4, 0.5) is 11.4 Å². The summed E-state index contributed by atoms with van der Waals surface area (Å²) in [6, 6.07) is 16.2. The number of nitrogens with zero attached hydrogens (tertiary/aromatic N) is 2. The van der Waals surface area contributed by atoms with Crippen molar-refractivity contribution in [1.82, 2.24) is 4.57 Å². The van der Waals surface area contributed by atoms with Crippen molar-refractivity contribution in [3.8, 4) is 0 Å². The predicted octanol–water partition coefficient (Wildman–Crippen LogP) is 3.78. The molecule has 1 amide bonds. The summed E-state index contributed by atoms with van der Waals surface area (Å²) >= 11 is 1.58. The first kappa shape index (κ1) is 19.4. The topological polar surface area (TPSA) is 94.2 Å². The summed E-state index contributed by atoms with van der Waals surface area (Å²) < 4.78 is 1.40. The molecule has 0 saturated carbocycles. The van der Waals surface area contributed by atoms with Gasteiger partial charge >= 0.3 is 0 Å². The first-order chi connectivity index (χ1) is 13.5. The molecule has 0 aliphatic heterocycles. The number of anilines is 1. The molecule has 0 saturated heterocycles. The summed E-state index contributed by atoms with van der Waals surface area (Å²) in [6.07, 6.45) is 3.44. The number of carbonyl (C=O) groups excluding carboxylic acids is 1. The van der Waals surface area contributed by atoms with Crippen molar-refractivity contribution in [1.29, 1.82) is 0 Å². The van der Waals surface area contributed by atoms with Gasteiger partial charge in [-0.1, -0.05) is 18.2 Å². The van der Waals surface area contributed by atoms with Gasteiger partial charge in [0.25, 0.3) is 17.2 Å². The van der Waals surface area contributed by atoms with Crippen molar-refractivity contribution in [3.63, 3.8) is 0 Å². The van der Waals surface area contributed by atoms with Gasteiger partial charge in [-0.25, -0.2) is 0 Å². The molecular formula is C20H17N3O4S. The quantitative estimate of drug-likeness (QED) is 0.389. The molecule has 3 rings (SSSR count). The van der Waals surface area contributed by atoms with Crippen LogP contribution in [0.15, 0.2) is 76.6 Å². The third-order valence-corrected chi connectivity index (χ3v) is 4.80. The second kappa shape index (κ2) is 8.53. The lowest BCUT2D eigenvalue weighted by molar-refractivity contribution is -0.384. The van der Waals surface area contributed by atoms with Gasteiger partial charge < -0.3 is 9.88 Å². The maximum absolute atomic E-state index is 12.5. The number of nitrogens with one attached hydrogen (secondary N) is 1. The average molecular weight is 395 g/mol. The minimum atomic E-state index is -0.479. The summed E-state index contributed by atoms with van der Waals surface area (Å²) in [4.78, 5) is 36.0. The molecule has 0 unspecified atom stereocenters. The second-order valence-electron chi connectivity index (χ2n) is 5.99. The lowest BCUT2D eigenvalue weighted by Crippen LogP contribution is -2.22. The Hall–Kier alpha value is -3.39. The number of nitro groups is 1. The third-order valence-electron chi connectivity index (χ3n) is 4.07. The van der Waals surface area contributed by atoms with Crippen LogP contribution < -0.4 is 10.9 Å². The zero-order chi connectivity index (χ0) is 20.1. The molecule has 8 heteroatoms. The lowest BCUT2D eigenvalue weighted by atomic mass is 10.2. The fraction of sp³-hybridized carbons (Fsp3) is 0.100. The highest BCUT2D eigenvalue weighted by Crippen LogP contribution is 2.19. The zero-order valence-electron chi connectivity index (χ0n) is 15.0. The summed E-state index contributed by atoms with van der Waals surface area (Å²) in [5.41, 5.74) is 1.45. The molecule has 28 heavy (non-hydrogen) atoms. The van der Waals surface area contributed by atoms with Crippen molar-refractivity contribution in [3.05, 3.63) is 98.5 Å². The molecule has 1 N–H and O–H groups in total. The molecular weight excluding hydrogens is 378 g/mol. The van der Waals surface area contributed by atoms with Gasteiger partial charge in [-0.05, 0) is 36.1 Å². The molecule has 0 atom stereocenters. The molecule has 1 heterocycles. The first-order valence-corrected chi connectivity index (χ1v) is 9.58. The van der Waals surface area contributed by atoms with Crippen LogP contribution in [0.2, 0.25) is 0 Å². The number of amides is 1. The van der Waals surface area contributed by atoms with Gasteiger partial charge in [-0.3, -0.25) is 19.7 Å². The zero-order valence-corrected chi connectivity index (χ0v) is 15.8. The van der Waals surface area contributed by atoms with Crippen LogP contribution in [0.25, 0.3) is 0 Å². The Balaban J connectivity index is 1.79. The maximum Gasteiger partial charge on any atom is 0.269 e. The van der Waals surface area contributed by atoms with E-state index in [1.807, 2.05) is 24.5 Å². The normalized spacial score (nSPS) is 10.5. The van der Waals surface area contributed by atoms with Gasteiger partial charge in [0.2, 0.25) is 0 Å². The molecule has 0 radical (unpaired) electrons. The van der Waals surface area contributed by atoms with Gasteiger partial charge in [0.15, 0.2) is 0 Å². The van der Waals surface area contributed by atoms with Crippen molar-refractivity contribution in [2.75, 3.05) is 11.6 Å². The Morgan fingerprint density at radius 2 is 1.89 bits per heavy atom. The number of hydrogen-bond donors (Lipinski definition) is 1. The Morgan fingerprint density at radius 3 is 2.57 bits per heavy atom. The van der Waals surface area contributed by atoms with E-state index in [1.54, 1.807) is 30.0 Å². The van der Waals surface area contributed by atoms with E-state index in [0.29, 0.717) is 11.3 Å². The average Bonchev–Trinajstić information content (AvgIpc) is 2.70. The minimum Gasteiger partial charge on any atom is -0.322 e. The van der Waals surface area contributed by atoms with Crippen molar-refractivity contribution in [2.24, 2.45) is 0 Å². The number of benzene rings is 2. The second-order valence-corrected chi connectivity index (χ2v) is 6.87. The molecule has 1 aromatic heterocycles. The van der Waals surface area contributed by atoms with E-state index in [1.165, 1.54) is 35.0 Å². The Kier molecular flexibility index (Phi) is 5.90. The highest BCUT2D eigenvalue weighted by atomic mass is 32.2. The Morgan fingerprint density at radius 1 is 1.14 bits per heavy atom. The van der Waals surface area contributed by atoms with Crippen LogP contribution in [0.1, 0.15) is 15.9 Å². The molecule has 0 fully saturated rings. The largest absolute Gasteiger partial charge is 0.322 e. The van der Waals surface area contributed by atoms with E-state index in [2.05, 4.69) is 5.32 Å². The van der Waals surface area contributed by atoms with E-state index in [4.69, 9.17) is 0 Å². The molecule has 0 aliphatic rings. The number of pyridine rings is 1. The number of non-ortho nitro benzene ring substituents is 1. The Labute approximate surface area is 165 Å². The molecule has 3 aromatic rings. The Bertz CT molecular complexity index is 1080. The number of aromatic nitrogens is 1. The molecule has 0 aliphatic carbocycles. The number of nitro benzene ring substituents is 1. The molecule has 7 nitrogen and oxygen atoms in total. The van der Waals surface area contributed by atoms with Gasteiger partial charge in [0.1, 0.15) is 0 Å². The van der Waals surface area contributed by atoms with Crippen molar-refractivity contribution in [2.45, 2.75) is 11.4 Å². The van der Waals surface area contributed by atoms with Crippen LogP contribution in [-0.2, 0) is 6.54 Å². The third kappa shape index (κ3) is 4.66. The molecule has 2 aromatic carbocycles. The van der Waals surface area contributed by atoms with E-state index >= 15 is 0 Å². The van der Waals surface area contributed by atoms with E-state index in [0.717, 1.165) is 10.5 Å². The van der Waals surface area contributed by atoms with Gasteiger partial charge in [0, 0.05) is 35.0 Å². The number of rotatable bonds is 6. The molecule has 142 valence electrons. The summed E-state index contributed by atoms with van der Waals surface area (Å²) in [7, 11) is 0. The molecule has 0 bridgehead atoms. The van der Waals surface area contributed by atoms with Crippen LogP contribution in [0, 0.1) is 10.1 Å². The van der Waals surface area contributed by atoms with Crippen molar-refractivity contribution < 1.29 is 9.72 Å². The van der Waals surface area contributed by atoms with Crippen molar-refractivity contribution >= 4 is 29.0 Å². The lowest BCUT2D eigenvalue weighted by Gasteiger charge is -2.10. The number of hydrogen-bond acceptors (Lipinski definition) is 5. The van der Waals surface area contributed by atoms with Gasteiger partial charge in [0.05, 0.1) is 17.0 Å². The number of carbonyl (C=O) groups is 1. The summed E-state index contributed by atoms with van der Waals surface area (Å²) in [5, 5.41) is 13.6. The van der Waals surface area contributed by atoms with E-state index in [-0.39, 0.29) is 23.7 Å². The SMILES string of the molecule is CSc1cccc(NC(=O)c2ccc(=O)n(Cc3ccc([N+](=O)[O-])cc3)c2)c1. The van der Waals surface area contributed by atoms with Gasteiger partial charge in [-0.2, -0.15) is 0 Å². The first-order valence-electron chi connectivity index (χ1n) is 8.35. The van der Waals surface area contributed by atoms with Crippen LogP contribution in [-0.4, -0.2) is 21.7 Å². The summed E-state index contributed by atoms with van der Waals surface area (Å²) in [6.45, 7) is 0.208. The maximum atomic E-state index is 12.5. The summed E-state index contributed by atoms with van der Waals surface area (Å²) in [5.74, 6) is -0.323. The monoisotopic (exact) mass is 395 g/mol. The van der Waals surface area contributed by atoms with Gasteiger partial charge in [-0.15, -0.1) is 11.8 Å². The standard InChI is InChI=1S/C20H17N3O4S/c1-28-18-4-2-3-16(11-18)21-20(25)15-7-10-19(24)22(13-15)12-14-5-8-17(9-6-14)23(26)27/h2-11,13H,12H2,1H3,(H,21,25). The van der Waals surface area contributed by atoms with Crippen LogP contribution in [0.5, 0.6) is 0 Å². The smallest absolute Gasteiger partial charge is 0.269 e.